The molecule has 38 heavy (non-hydrogen) atoms. The summed E-state index contributed by atoms with van der Waals surface area (Å²) in [6, 6.07) is 24.7. The lowest BCUT2D eigenvalue weighted by Crippen LogP contribution is -2.14. The Morgan fingerprint density at radius 1 is 0.474 bits per heavy atom. The van der Waals surface area contributed by atoms with Crippen molar-refractivity contribution in [2.24, 2.45) is 10.3 Å². The summed E-state index contributed by atoms with van der Waals surface area (Å²) in [6.45, 7) is 0. The van der Waals surface area contributed by atoms with Crippen LogP contribution in [-0.2, 0) is 20.0 Å². The molecule has 4 aromatic carbocycles. The van der Waals surface area contributed by atoms with Gasteiger partial charge in [0.25, 0.3) is 11.8 Å². The van der Waals surface area contributed by atoms with E-state index in [4.69, 9.17) is 10.3 Å². The van der Waals surface area contributed by atoms with Crippen LogP contribution >= 0.6 is 0 Å². The number of carbonyl (C=O) groups is 2. The van der Waals surface area contributed by atoms with E-state index in [9.17, 15) is 26.4 Å². The van der Waals surface area contributed by atoms with Crippen LogP contribution in [0.15, 0.2) is 107 Å². The highest BCUT2D eigenvalue weighted by atomic mass is 32.2. The summed E-state index contributed by atoms with van der Waals surface area (Å²) in [5, 5.41) is 15.5. The van der Waals surface area contributed by atoms with E-state index in [1.54, 1.807) is 48.5 Å². The van der Waals surface area contributed by atoms with E-state index in [-0.39, 0.29) is 21.6 Å². The van der Waals surface area contributed by atoms with Crippen LogP contribution in [0, 0.1) is 0 Å². The first kappa shape index (κ1) is 26.7. The van der Waals surface area contributed by atoms with Crippen molar-refractivity contribution in [1.82, 2.24) is 0 Å². The van der Waals surface area contributed by atoms with Crippen LogP contribution in [0.1, 0.15) is 20.7 Å². The molecule has 194 valence electrons. The van der Waals surface area contributed by atoms with Crippen LogP contribution in [0.2, 0.25) is 0 Å². The molecule has 10 nitrogen and oxygen atoms in total. The Kier molecular flexibility index (Phi) is 7.41. The van der Waals surface area contributed by atoms with Crippen molar-refractivity contribution < 1.29 is 26.4 Å². The lowest BCUT2D eigenvalue weighted by Gasteiger charge is -2.09. The van der Waals surface area contributed by atoms with Crippen molar-refractivity contribution in [3.63, 3.8) is 0 Å². The largest absolute Gasteiger partial charge is 0.322 e. The zero-order valence-corrected chi connectivity index (χ0v) is 21.3. The van der Waals surface area contributed by atoms with Crippen molar-refractivity contribution in [2.45, 2.75) is 9.79 Å². The number of hydrogen-bond donors (Lipinski definition) is 4. The lowest BCUT2D eigenvalue weighted by molar-refractivity contribution is 0.101. The van der Waals surface area contributed by atoms with E-state index in [0.717, 1.165) is 11.1 Å². The van der Waals surface area contributed by atoms with Crippen LogP contribution in [0.25, 0.3) is 11.1 Å². The van der Waals surface area contributed by atoms with Gasteiger partial charge in [-0.2, -0.15) is 0 Å². The number of primary sulfonamides is 2. The predicted molar refractivity (Wildman–Crippen MR) is 143 cm³/mol. The number of nitrogens with two attached hydrogens (primary N) is 2. The molecule has 0 fully saturated rings. The average Bonchev–Trinajstić information content (AvgIpc) is 2.88. The molecule has 12 heteroatoms. The first-order valence-corrected chi connectivity index (χ1v) is 14.1. The number of rotatable bonds is 7. The normalized spacial score (nSPS) is 11.5. The zero-order valence-electron chi connectivity index (χ0n) is 19.7. The summed E-state index contributed by atoms with van der Waals surface area (Å²) >= 11 is 0. The molecule has 0 saturated heterocycles. The lowest BCUT2D eigenvalue weighted by atomic mass is 10.0. The van der Waals surface area contributed by atoms with Crippen molar-refractivity contribution in [1.29, 1.82) is 0 Å². The van der Waals surface area contributed by atoms with Gasteiger partial charge in [-0.15, -0.1) is 0 Å². The van der Waals surface area contributed by atoms with Gasteiger partial charge >= 0.3 is 0 Å². The van der Waals surface area contributed by atoms with E-state index in [1.165, 1.54) is 48.5 Å². The van der Waals surface area contributed by atoms with Crippen molar-refractivity contribution in [3.05, 3.63) is 108 Å². The Bertz CT molecular complexity index is 1570. The molecule has 0 radical (unpaired) electrons. The molecular formula is C26H22N4O6S2. The molecule has 0 unspecified atom stereocenters. The molecule has 0 aliphatic carbocycles. The Labute approximate surface area is 219 Å². The second-order valence-electron chi connectivity index (χ2n) is 8.20. The molecule has 0 aliphatic heterocycles. The summed E-state index contributed by atoms with van der Waals surface area (Å²) < 4.78 is 45.4. The number of benzene rings is 4. The molecule has 0 atom stereocenters. The Hall–Kier alpha value is -4.36. The maximum atomic E-state index is 12.5. The highest BCUT2D eigenvalue weighted by molar-refractivity contribution is 7.89. The topological polar surface area (TPSA) is 179 Å². The fourth-order valence-electron chi connectivity index (χ4n) is 3.49. The highest BCUT2D eigenvalue weighted by Gasteiger charge is 2.12. The number of carbonyl (C=O) groups excluding carboxylic acids is 2. The molecule has 0 heterocycles. The van der Waals surface area contributed by atoms with Gasteiger partial charge in [-0.1, -0.05) is 24.3 Å². The summed E-state index contributed by atoms with van der Waals surface area (Å²) in [6.07, 6.45) is 0. The molecule has 4 aromatic rings. The molecule has 0 saturated carbocycles. The third-order valence-corrected chi connectivity index (χ3v) is 7.37. The van der Waals surface area contributed by atoms with Gasteiger partial charge < -0.3 is 10.6 Å². The van der Waals surface area contributed by atoms with Crippen LogP contribution in [0.5, 0.6) is 0 Å². The van der Waals surface area contributed by atoms with Gasteiger partial charge in [0.05, 0.1) is 9.79 Å². The minimum Gasteiger partial charge on any atom is -0.322 e. The van der Waals surface area contributed by atoms with Gasteiger partial charge in [-0.25, -0.2) is 27.1 Å². The van der Waals surface area contributed by atoms with Gasteiger partial charge in [0.2, 0.25) is 20.0 Å². The van der Waals surface area contributed by atoms with Crippen LogP contribution in [0.3, 0.4) is 0 Å². The van der Waals surface area contributed by atoms with Crippen molar-refractivity contribution in [2.75, 3.05) is 10.6 Å². The predicted octanol–water partition coefficient (Wildman–Crippen LogP) is 3.15. The van der Waals surface area contributed by atoms with Gasteiger partial charge in [-0.05, 0) is 83.9 Å². The van der Waals surface area contributed by atoms with E-state index < -0.39 is 20.0 Å². The maximum absolute atomic E-state index is 12.5. The van der Waals surface area contributed by atoms with E-state index in [0.29, 0.717) is 22.5 Å². The number of amides is 2. The van der Waals surface area contributed by atoms with Gasteiger partial charge in [-0.3, -0.25) is 9.59 Å². The number of hydrogen-bond acceptors (Lipinski definition) is 6. The molecule has 0 spiro atoms. The monoisotopic (exact) mass is 550 g/mol. The van der Waals surface area contributed by atoms with Gasteiger partial charge in [0.1, 0.15) is 0 Å². The second kappa shape index (κ2) is 10.6. The molecule has 0 aromatic heterocycles. The number of sulfonamides is 2. The average molecular weight is 551 g/mol. The van der Waals surface area contributed by atoms with E-state index >= 15 is 0 Å². The molecule has 4 rings (SSSR count). The molecule has 2 amide bonds. The maximum Gasteiger partial charge on any atom is 0.255 e. The van der Waals surface area contributed by atoms with Crippen LogP contribution in [0.4, 0.5) is 11.4 Å². The standard InChI is InChI=1S/C26H22N4O6S2/c27-37(33,34)23-13-9-21(10-14-23)29-25(31)19-5-1-17(2-6-19)18-3-7-20(8-4-18)26(32)30-22-11-15-24(16-12-22)38(28,35)36/h1-16H,(H,29,31)(H,30,32)(H2,27,33,34)(H2,28,35,36). The molecule has 6 N–H and O–H groups in total. The Balaban J connectivity index is 1.39. The van der Waals surface area contributed by atoms with E-state index in [2.05, 4.69) is 10.6 Å². The second-order valence-corrected chi connectivity index (χ2v) is 11.3. The smallest absolute Gasteiger partial charge is 0.255 e. The number of anilines is 2. The molecular weight excluding hydrogens is 528 g/mol. The minimum atomic E-state index is -3.82. The summed E-state index contributed by atoms with van der Waals surface area (Å²) in [5.74, 6) is -0.743. The van der Waals surface area contributed by atoms with E-state index in [1.807, 2.05) is 0 Å². The van der Waals surface area contributed by atoms with Crippen LogP contribution in [-0.4, -0.2) is 28.6 Å². The first-order valence-electron chi connectivity index (χ1n) is 11.0. The Morgan fingerprint density at radius 2 is 0.763 bits per heavy atom. The third-order valence-electron chi connectivity index (χ3n) is 5.51. The van der Waals surface area contributed by atoms with Crippen LogP contribution < -0.4 is 20.9 Å². The van der Waals surface area contributed by atoms with Crippen molar-refractivity contribution in [3.8, 4) is 11.1 Å². The summed E-state index contributed by atoms with van der Waals surface area (Å²) in [4.78, 5) is 25.0. The van der Waals surface area contributed by atoms with Crippen molar-refractivity contribution >= 4 is 43.2 Å². The SMILES string of the molecule is NS(=O)(=O)c1ccc(NC(=O)c2ccc(-c3ccc(C(=O)Nc4ccc(S(N)(=O)=O)cc4)cc3)cc2)cc1. The fourth-order valence-corrected chi connectivity index (χ4v) is 4.52. The Morgan fingerprint density at radius 3 is 1.03 bits per heavy atom. The molecule has 0 bridgehead atoms. The minimum absolute atomic E-state index is 0.0536. The number of nitrogens with one attached hydrogen (secondary N) is 2. The van der Waals surface area contributed by atoms with Gasteiger partial charge in [0.15, 0.2) is 0 Å². The fraction of sp³-hybridized carbons (Fsp3) is 0. The first-order chi connectivity index (χ1) is 17.9. The molecule has 0 aliphatic rings. The highest BCUT2D eigenvalue weighted by Crippen LogP contribution is 2.22. The summed E-state index contributed by atoms with van der Waals surface area (Å²) in [7, 11) is -7.63. The van der Waals surface area contributed by atoms with Gasteiger partial charge in [0, 0.05) is 22.5 Å². The quantitative estimate of drug-likeness (QED) is 0.274. The third kappa shape index (κ3) is 6.49. The summed E-state index contributed by atoms with van der Waals surface area (Å²) in [5.41, 5.74) is 3.28. The zero-order chi connectivity index (χ0) is 27.5.